The Labute approximate surface area is 179 Å². The Bertz CT molecular complexity index is 875. The van der Waals surface area contributed by atoms with Crippen LogP contribution in [0.5, 0.6) is 0 Å². The number of ketones is 1. The van der Waals surface area contributed by atoms with Gasteiger partial charge in [0.1, 0.15) is 0 Å². The molecule has 6 heteroatoms. The van der Waals surface area contributed by atoms with Crippen molar-refractivity contribution < 1.29 is 9.59 Å². The van der Waals surface area contributed by atoms with Crippen molar-refractivity contribution >= 4 is 45.1 Å². The third kappa shape index (κ3) is 4.97. The quantitative estimate of drug-likeness (QED) is 0.478. The van der Waals surface area contributed by atoms with E-state index in [1.807, 2.05) is 29.2 Å². The fourth-order valence-electron chi connectivity index (χ4n) is 3.26. The number of rotatable bonds is 5. The molecule has 0 bridgehead atoms. The SMILES string of the molecule is CC(=O)c1ccc(N2CCN(C(=O)CSc3cc(C)c(Br)cc3C)CC2)cc1. The average Bonchev–Trinajstić information content (AvgIpc) is 2.69. The minimum absolute atomic E-state index is 0.0793. The molecule has 0 spiro atoms. The molecule has 1 fully saturated rings. The van der Waals surface area contributed by atoms with Crippen LogP contribution in [0.3, 0.4) is 0 Å². The highest BCUT2D eigenvalue weighted by Gasteiger charge is 2.21. The summed E-state index contributed by atoms with van der Waals surface area (Å²) in [5.74, 6) is 0.738. The van der Waals surface area contributed by atoms with Gasteiger partial charge in [-0.1, -0.05) is 15.9 Å². The molecule has 28 heavy (non-hydrogen) atoms. The lowest BCUT2D eigenvalue weighted by molar-refractivity contribution is -0.128. The van der Waals surface area contributed by atoms with Gasteiger partial charge in [-0.05, 0) is 68.3 Å². The van der Waals surface area contributed by atoms with E-state index in [2.05, 4.69) is 46.8 Å². The van der Waals surface area contributed by atoms with Gasteiger partial charge in [0.2, 0.25) is 5.91 Å². The van der Waals surface area contributed by atoms with E-state index in [4.69, 9.17) is 0 Å². The molecule has 0 N–H and O–H groups in total. The molecule has 0 saturated carbocycles. The van der Waals surface area contributed by atoms with E-state index in [0.717, 1.165) is 41.9 Å². The average molecular weight is 461 g/mol. The van der Waals surface area contributed by atoms with Gasteiger partial charge in [0, 0.05) is 46.8 Å². The highest BCUT2D eigenvalue weighted by Crippen LogP contribution is 2.28. The van der Waals surface area contributed by atoms with Gasteiger partial charge < -0.3 is 9.80 Å². The van der Waals surface area contributed by atoms with E-state index in [9.17, 15) is 9.59 Å². The first kappa shape index (κ1) is 20.9. The van der Waals surface area contributed by atoms with Gasteiger partial charge in [-0.2, -0.15) is 0 Å². The molecule has 0 aromatic heterocycles. The van der Waals surface area contributed by atoms with E-state index >= 15 is 0 Å². The number of hydrogen-bond donors (Lipinski definition) is 0. The zero-order valence-electron chi connectivity index (χ0n) is 16.5. The number of amides is 1. The summed E-state index contributed by atoms with van der Waals surface area (Å²) in [5.41, 5.74) is 4.21. The maximum atomic E-state index is 12.6. The van der Waals surface area contributed by atoms with E-state index in [1.54, 1.807) is 18.7 Å². The molecular formula is C22H25BrN2O2S. The summed E-state index contributed by atoms with van der Waals surface area (Å²) < 4.78 is 1.10. The Morgan fingerprint density at radius 2 is 1.64 bits per heavy atom. The van der Waals surface area contributed by atoms with Crippen LogP contribution in [0.2, 0.25) is 0 Å². The molecule has 0 radical (unpaired) electrons. The predicted octanol–water partition coefficient (Wildman–Crippen LogP) is 4.71. The molecule has 4 nitrogen and oxygen atoms in total. The van der Waals surface area contributed by atoms with Crippen LogP contribution >= 0.6 is 27.7 Å². The topological polar surface area (TPSA) is 40.6 Å². The van der Waals surface area contributed by atoms with Crippen LogP contribution in [0.25, 0.3) is 0 Å². The maximum absolute atomic E-state index is 12.6. The normalized spacial score (nSPS) is 14.3. The zero-order chi connectivity index (χ0) is 20.3. The molecule has 1 amide bonds. The Balaban J connectivity index is 1.52. The van der Waals surface area contributed by atoms with Crippen molar-refractivity contribution in [3.63, 3.8) is 0 Å². The number of aryl methyl sites for hydroxylation is 2. The summed E-state index contributed by atoms with van der Waals surface area (Å²) in [4.78, 5) is 29.4. The van der Waals surface area contributed by atoms with Crippen molar-refractivity contribution in [1.29, 1.82) is 0 Å². The second-order valence-electron chi connectivity index (χ2n) is 7.13. The maximum Gasteiger partial charge on any atom is 0.233 e. The number of thioether (sulfide) groups is 1. The lowest BCUT2D eigenvalue weighted by Gasteiger charge is -2.36. The fourth-order valence-corrected chi connectivity index (χ4v) is 4.73. The highest BCUT2D eigenvalue weighted by atomic mass is 79.9. The van der Waals surface area contributed by atoms with Crippen molar-refractivity contribution in [1.82, 2.24) is 4.90 Å². The van der Waals surface area contributed by atoms with Crippen molar-refractivity contribution in [2.45, 2.75) is 25.7 Å². The number of anilines is 1. The van der Waals surface area contributed by atoms with Crippen LogP contribution in [-0.4, -0.2) is 48.5 Å². The molecular weight excluding hydrogens is 436 g/mol. The molecule has 1 heterocycles. The van der Waals surface area contributed by atoms with Crippen molar-refractivity contribution in [3.05, 3.63) is 57.6 Å². The molecule has 148 valence electrons. The lowest BCUT2D eigenvalue weighted by atomic mass is 10.1. The van der Waals surface area contributed by atoms with Crippen LogP contribution in [0.4, 0.5) is 5.69 Å². The minimum Gasteiger partial charge on any atom is -0.368 e. The number of nitrogens with zero attached hydrogens (tertiary/aromatic N) is 2. The highest BCUT2D eigenvalue weighted by molar-refractivity contribution is 9.10. The smallest absolute Gasteiger partial charge is 0.233 e. The standard InChI is InChI=1S/C22H25BrN2O2S/c1-15-13-21(16(2)12-20(15)23)28-14-22(27)25-10-8-24(9-11-25)19-6-4-18(5-7-19)17(3)26/h4-7,12-13H,8-11,14H2,1-3H3. The molecule has 1 saturated heterocycles. The van der Waals surface area contributed by atoms with Crippen molar-refractivity contribution in [2.75, 3.05) is 36.8 Å². The van der Waals surface area contributed by atoms with Crippen LogP contribution < -0.4 is 4.90 Å². The number of hydrogen-bond acceptors (Lipinski definition) is 4. The predicted molar refractivity (Wildman–Crippen MR) is 120 cm³/mol. The summed E-state index contributed by atoms with van der Waals surface area (Å²) in [5, 5.41) is 0. The zero-order valence-corrected chi connectivity index (χ0v) is 18.9. The van der Waals surface area contributed by atoms with Crippen LogP contribution in [-0.2, 0) is 4.79 Å². The Morgan fingerprint density at radius 1 is 1.00 bits per heavy atom. The van der Waals surface area contributed by atoms with Gasteiger partial charge in [-0.3, -0.25) is 9.59 Å². The summed E-state index contributed by atoms with van der Waals surface area (Å²) in [7, 11) is 0. The molecule has 0 unspecified atom stereocenters. The summed E-state index contributed by atoms with van der Waals surface area (Å²) in [6, 6.07) is 12.0. The van der Waals surface area contributed by atoms with Crippen molar-refractivity contribution in [3.8, 4) is 0 Å². The number of halogens is 1. The van der Waals surface area contributed by atoms with E-state index in [0.29, 0.717) is 5.75 Å². The fraction of sp³-hybridized carbons (Fsp3) is 0.364. The van der Waals surface area contributed by atoms with Crippen LogP contribution in [0.1, 0.15) is 28.4 Å². The van der Waals surface area contributed by atoms with E-state index < -0.39 is 0 Å². The monoisotopic (exact) mass is 460 g/mol. The van der Waals surface area contributed by atoms with Gasteiger partial charge in [0.05, 0.1) is 5.75 Å². The number of carbonyl (C=O) groups excluding carboxylic acids is 2. The second-order valence-corrected chi connectivity index (χ2v) is 9.00. The number of benzene rings is 2. The Kier molecular flexibility index (Phi) is 6.83. The Hall–Kier alpha value is -1.79. The third-order valence-corrected chi connectivity index (χ3v) is 7.08. The minimum atomic E-state index is 0.0793. The molecule has 2 aromatic carbocycles. The summed E-state index contributed by atoms with van der Waals surface area (Å²) >= 11 is 5.17. The van der Waals surface area contributed by atoms with Crippen molar-refractivity contribution in [2.24, 2.45) is 0 Å². The number of Topliss-reactive ketones (excluding diaryl/α,β-unsaturated/α-hetero) is 1. The first-order chi connectivity index (χ1) is 13.3. The van der Waals surface area contributed by atoms with Gasteiger partial charge in [-0.15, -0.1) is 11.8 Å². The van der Waals surface area contributed by atoms with Crippen LogP contribution in [0, 0.1) is 13.8 Å². The first-order valence-electron chi connectivity index (χ1n) is 9.38. The molecule has 1 aliphatic heterocycles. The van der Waals surface area contributed by atoms with Gasteiger partial charge >= 0.3 is 0 Å². The second kappa shape index (κ2) is 9.14. The molecule has 0 aliphatic carbocycles. The largest absolute Gasteiger partial charge is 0.368 e. The van der Waals surface area contributed by atoms with Crippen LogP contribution in [0.15, 0.2) is 45.8 Å². The Morgan fingerprint density at radius 3 is 2.25 bits per heavy atom. The summed E-state index contributed by atoms with van der Waals surface area (Å²) in [6.45, 7) is 8.80. The van der Waals surface area contributed by atoms with E-state index in [1.165, 1.54) is 16.0 Å². The van der Waals surface area contributed by atoms with Gasteiger partial charge in [0.25, 0.3) is 0 Å². The summed E-state index contributed by atoms with van der Waals surface area (Å²) in [6.07, 6.45) is 0. The molecule has 1 aliphatic rings. The molecule has 3 rings (SSSR count). The number of carbonyl (C=O) groups is 2. The van der Waals surface area contributed by atoms with Gasteiger partial charge in [0.15, 0.2) is 5.78 Å². The molecule has 0 atom stereocenters. The number of piperazine rings is 1. The third-order valence-electron chi connectivity index (χ3n) is 5.08. The molecule has 2 aromatic rings. The van der Waals surface area contributed by atoms with E-state index in [-0.39, 0.29) is 11.7 Å². The van der Waals surface area contributed by atoms with Gasteiger partial charge in [-0.25, -0.2) is 0 Å². The lowest BCUT2D eigenvalue weighted by Crippen LogP contribution is -2.49. The first-order valence-corrected chi connectivity index (χ1v) is 11.2.